The minimum atomic E-state index is -1.31. The first-order chi connectivity index (χ1) is 16.6. The van der Waals surface area contributed by atoms with E-state index in [9.17, 15) is 19.2 Å². The van der Waals surface area contributed by atoms with Crippen molar-refractivity contribution in [3.05, 3.63) is 45.8 Å². The fourth-order valence-electron chi connectivity index (χ4n) is 4.40. The van der Waals surface area contributed by atoms with Crippen molar-refractivity contribution in [2.24, 2.45) is 11.7 Å². The van der Waals surface area contributed by atoms with E-state index in [0.29, 0.717) is 34.4 Å². The number of nitrogens with one attached hydrogen (secondary N) is 2. The Balaban J connectivity index is 1.43. The van der Waals surface area contributed by atoms with Crippen molar-refractivity contribution < 1.29 is 23.9 Å². The van der Waals surface area contributed by atoms with E-state index in [-0.39, 0.29) is 0 Å². The summed E-state index contributed by atoms with van der Waals surface area (Å²) in [6.07, 6.45) is 3.46. The maximum atomic E-state index is 13.2. The molecule has 0 saturated carbocycles. The number of rotatable bonds is 9. The molecule has 2 aromatic rings. The van der Waals surface area contributed by atoms with Gasteiger partial charge in [0.15, 0.2) is 0 Å². The summed E-state index contributed by atoms with van der Waals surface area (Å²) in [5, 5.41) is 5.75. The number of urea groups is 1. The van der Waals surface area contributed by atoms with Gasteiger partial charge in [0.2, 0.25) is 5.91 Å². The molecule has 2 aliphatic rings. The van der Waals surface area contributed by atoms with E-state index in [0.717, 1.165) is 41.0 Å². The molecule has 186 valence electrons. The van der Waals surface area contributed by atoms with Gasteiger partial charge < -0.3 is 21.1 Å². The zero-order valence-corrected chi connectivity index (χ0v) is 20.9. The summed E-state index contributed by atoms with van der Waals surface area (Å²) in [5.74, 6) is -0.493. The van der Waals surface area contributed by atoms with E-state index in [4.69, 9.17) is 10.5 Å². The van der Waals surface area contributed by atoms with Gasteiger partial charge in [-0.3, -0.25) is 19.3 Å². The molecule has 0 unspecified atom stereocenters. The minimum absolute atomic E-state index is 0.327. The molecule has 1 aromatic carbocycles. The van der Waals surface area contributed by atoms with Crippen LogP contribution in [0.15, 0.2) is 24.3 Å². The van der Waals surface area contributed by atoms with Crippen molar-refractivity contribution in [3.8, 4) is 5.75 Å². The van der Waals surface area contributed by atoms with Crippen LogP contribution in [-0.2, 0) is 28.0 Å². The lowest BCUT2D eigenvalue weighted by Crippen LogP contribution is -2.42. The van der Waals surface area contributed by atoms with Gasteiger partial charge in [-0.1, -0.05) is 26.0 Å². The van der Waals surface area contributed by atoms with Crippen LogP contribution in [0.3, 0.4) is 0 Å². The number of ether oxygens (including phenoxy) is 1. The Morgan fingerprint density at radius 3 is 2.60 bits per heavy atom. The predicted molar refractivity (Wildman–Crippen MR) is 132 cm³/mol. The largest absolute Gasteiger partial charge is 0.494 e. The van der Waals surface area contributed by atoms with Gasteiger partial charge in [0.05, 0.1) is 12.2 Å². The highest BCUT2D eigenvalue weighted by molar-refractivity contribution is 7.17. The summed E-state index contributed by atoms with van der Waals surface area (Å²) in [5.41, 5.74) is 6.03. The summed E-state index contributed by atoms with van der Waals surface area (Å²) < 4.78 is 5.73. The van der Waals surface area contributed by atoms with Gasteiger partial charge in [0.1, 0.15) is 22.8 Å². The number of nitrogens with two attached hydrogens (primary N) is 1. The van der Waals surface area contributed by atoms with E-state index < -0.39 is 35.8 Å². The number of carbonyl (C=O) groups excluding carboxylic acids is 4. The number of hydrogen-bond donors (Lipinski definition) is 3. The van der Waals surface area contributed by atoms with Crippen LogP contribution in [0.2, 0.25) is 0 Å². The number of amides is 5. The van der Waals surface area contributed by atoms with E-state index in [1.165, 1.54) is 11.3 Å². The lowest BCUT2D eigenvalue weighted by molar-refractivity contribution is -0.133. The topological polar surface area (TPSA) is 131 Å². The summed E-state index contributed by atoms with van der Waals surface area (Å²) in [6, 6.07) is 6.33. The van der Waals surface area contributed by atoms with Crippen molar-refractivity contribution in [1.82, 2.24) is 10.2 Å². The van der Waals surface area contributed by atoms with Crippen LogP contribution in [0.1, 0.15) is 60.0 Å². The lowest BCUT2D eigenvalue weighted by Gasteiger charge is -2.22. The van der Waals surface area contributed by atoms with Crippen LogP contribution in [0, 0.1) is 5.92 Å². The molecule has 1 fully saturated rings. The van der Waals surface area contributed by atoms with Crippen molar-refractivity contribution in [2.45, 2.75) is 52.0 Å². The number of fused-ring (bicyclic) bond motifs is 1. The number of nitrogens with zero attached hydrogens (tertiary/aromatic N) is 1. The van der Waals surface area contributed by atoms with Crippen LogP contribution in [0.5, 0.6) is 5.75 Å². The standard InChI is InChI=1S/C25H30N4O5S/c1-14(2)11-12-34-16-9-7-15(8-10-16)25(3)23(32)29(24(33)28-25)13-19(30)27-22-20(21(26)31)17-5-4-6-18(17)35-22/h7-10,14H,4-6,11-13H2,1-3H3,(H2,26,31)(H,27,30)(H,28,33)/t25-/m1/s1. The number of hydrogen-bond acceptors (Lipinski definition) is 6. The molecule has 35 heavy (non-hydrogen) atoms. The summed E-state index contributed by atoms with van der Waals surface area (Å²) in [6.45, 7) is 5.97. The number of primary amides is 1. The lowest BCUT2D eigenvalue weighted by atomic mass is 9.92. The van der Waals surface area contributed by atoms with Crippen LogP contribution in [0.4, 0.5) is 9.80 Å². The second-order valence-corrected chi connectivity index (χ2v) is 10.6. The summed E-state index contributed by atoms with van der Waals surface area (Å²) in [7, 11) is 0. The maximum absolute atomic E-state index is 13.2. The molecule has 4 rings (SSSR count). The number of aryl methyl sites for hydroxylation is 1. The minimum Gasteiger partial charge on any atom is -0.494 e. The number of anilines is 1. The van der Waals surface area contributed by atoms with Crippen LogP contribution >= 0.6 is 11.3 Å². The molecule has 2 heterocycles. The number of imide groups is 1. The Hall–Kier alpha value is -3.40. The van der Waals surface area contributed by atoms with E-state index in [2.05, 4.69) is 24.5 Å². The quantitative estimate of drug-likeness (QED) is 0.457. The van der Waals surface area contributed by atoms with E-state index >= 15 is 0 Å². The van der Waals surface area contributed by atoms with Gasteiger partial charge in [-0.25, -0.2) is 4.79 Å². The second-order valence-electron chi connectivity index (χ2n) is 9.48. The molecule has 1 saturated heterocycles. The normalized spacial score (nSPS) is 19.1. The van der Waals surface area contributed by atoms with Crippen LogP contribution < -0.4 is 21.1 Å². The third-order valence-electron chi connectivity index (χ3n) is 6.39. The number of carbonyl (C=O) groups is 4. The molecule has 9 nitrogen and oxygen atoms in total. The van der Waals surface area contributed by atoms with Crippen molar-refractivity contribution >= 4 is 40.1 Å². The van der Waals surface area contributed by atoms with Gasteiger partial charge in [-0.15, -0.1) is 11.3 Å². The molecule has 1 aromatic heterocycles. The first kappa shape index (κ1) is 24.7. The number of thiophene rings is 1. The smallest absolute Gasteiger partial charge is 0.325 e. The molecule has 0 radical (unpaired) electrons. The average Bonchev–Trinajstić information content (AvgIpc) is 3.42. The Labute approximate surface area is 208 Å². The van der Waals surface area contributed by atoms with Gasteiger partial charge in [0, 0.05) is 4.88 Å². The molecular formula is C25H30N4O5S. The van der Waals surface area contributed by atoms with Gasteiger partial charge in [0.25, 0.3) is 11.8 Å². The maximum Gasteiger partial charge on any atom is 0.325 e. The zero-order valence-electron chi connectivity index (χ0n) is 20.1. The van der Waals surface area contributed by atoms with Gasteiger partial charge in [-0.05, 0) is 61.8 Å². The van der Waals surface area contributed by atoms with Crippen LogP contribution in [0.25, 0.3) is 0 Å². The first-order valence-corrected chi connectivity index (χ1v) is 12.5. The Morgan fingerprint density at radius 2 is 1.94 bits per heavy atom. The highest BCUT2D eigenvalue weighted by atomic mass is 32.1. The van der Waals surface area contributed by atoms with E-state index in [1.54, 1.807) is 31.2 Å². The Kier molecular flexibility index (Phi) is 6.84. The fraction of sp³-hybridized carbons (Fsp3) is 0.440. The third-order valence-corrected chi connectivity index (χ3v) is 7.60. The predicted octanol–water partition coefficient (Wildman–Crippen LogP) is 3.17. The van der Waals surface area contributed by atoms with Gasteiger partial charge >= 0.3 is 6.03 Å². The average molecular weight is 499 g/mol. The molecule has 0 bridgehead atoms. The summed E-state index contributed by atoms with van der Waals surface area (Å²) >= 11 is 1.32. The Morgan fingerprint density at radius 1 is 1.23 bits per heavy atom. The Bertz CT molecular complexity index is 1170. The zero-order chi connectivity index (χ0) is 25.3. The summed E-state index contributed by atoms with van der Waals surface area (Å²) in [4.78, 5) is 52.5. The number of benzene rings is 1. The molecule has 1 atom stereocenters. The highest BCUT2D eigenvalue weighted by Crippen LogP contribution is 2.39. The molecule has 4 N–H and O–H groups in total. The molecule has 10 heteroatoms. The fourth-order valence-corrected chi connectivity index (χ4v) is 5.71. The molecule has 0 spiro atoms. The molecule has 1 aliphatic carbocycles. The van der Waals surface area contributed by atoms with Crippen molar-refractivity contribution in [2.75, 3.05) is 18.5 Å². The van der Waals surface area contributed by atoms with Crippen LogP contribution in [-0.4, -0.2) is 41.8 Å². The third kappa shape index (κ3) is 4.88. The van der Waals surface area contributed by atoms with E-state index in [1.807, 2.05) is 0 Å². The second kappa shape index (κ2) is 9.69. The monoisotopic (exact) mass is 498 g/mol. The van der Waals surface area contributed by atoms with Crippen molar-refractivity contribution in [1.29, 1.82) is 0 Å². The molecule has 1 aliphatic heterocycles. The highest BCUT2D eigenvalue weighted by Gasteiger charge is 2.49. The molecule has 5 amide bonds. The van der Waals surface area contributed by atoms with Crippen molar-refractivity contribution in [3.63, 3.8) is 0 Å². The first-order valence-electron chi connectivity index (χ1n) is 11.7. The molecular weight excluding hydrogens is 468 g/mol. The van der Waals surface area contributed by atoms with Gasteiger partial charge in [-0.2, -0.15) is 0 Å². The SMILES string of the molecule is CC(C)CCOc1ccc([C@@]2(C)NC(=O)N(CC(=O)Nc3sc4c(c3C(N)=O)CCC4)C2=O)cc1.